The Hall–Kier alpha value is -0.500. The van der Waals surface area contributed by atoms with E-state index in [1.54, 1.807) is 0 Å². The molecule has 2 rings (SSSR count). The van der Waals surface area contributed by atoms with Crippen molar-refractivity contribution in [3.8, 4) is 5.75 Å². The number of rotatable bonds is 2. The summed E-state index contributed by atoms with van der Waals surface area (Å²) in [7, 11) is 0. The lowest BCUT2D eigenvalue weighted by molar-refractivity contribution is 0.119. The lowest BCUT2D eigenvalue weighted by atomic mass is 9.96. The SMILES string of the molecule is Cc1cc(Br)ccc1OC1CCC1. The van der Waals surface area contributed by atoms with Crippen LogP contribution in [0, 0.1) is 6.92 Å². The van der Waals surface area contributed by atoms with Gasteiger partial charge in [-0.3, -0.25) is 0 Å². The van der Waals surface area contributed by atoms with E-state index in [0.29, 0.717) is 6.10 Å². The molecule has 1 aromatic rings. The lowest BCUT2D eigenvalue weighted by Crippen LogP contribution is -2.24. The number of halogens is 1. The molecule has 1 aromatic carbocycles. The molecular weight excluding hydrogens is 228 g/mol. The van der Waals surface area contributed by atoms with Crippen molar-refractivity contribution in [3.63, 3.8) is 0 Å². The Bertz CT molecular complexity index is 305. The van der Waals surface area contributed by atoms with E-state index in [0.717, 1.165) is 10.2 Å². The van der Waals surface area contributed by atoms with E-state index in [4.69, 9.17) is 4.74 Å². The van der Waals surface area contributed by atoms with Gasteiger partial charge < -0.3 is 4.74 Å². The molecule has 0 unspecified atom stereocenters. The summed E-state index contributed by atoms with van der Waals surface area (Å²) in [5.41, 5.74) is 1.21. The first kappa shape index (κ1) is 9.07. The highest BCUT2D eigenvalue weighted by Gasteiger charge is 2.19. The fourth-order valence-electron chi connectivity index (χ4n) is 1.41. The van der Waals surface area contributed by atoms with E-state index in [2.05, 4.69) is 28.9 Å². The minimum Gasteiger partial charge on any atom is -0.490 e. The molecule has 1 aliphatic carbocycles. The standard InChI is InChI=1S/C11H13BrO/c1-8-7-9(12)5-6-11(8)13-10-3-2-4-10/h5-7,10H,2-4H2,1H3. The van der Waals surface area contributed by atoms with Gasteiger partial charge in [0.25, 0.3) is 0 Å². The summed E-state index contributed by atoms with van der Waals surface area (Å²) in [6.07, 6.45) is 4.23. The van der Waals surface area contributed by atoms with Crippen LogP contribution in [-0.2, 0) is 0 Å². The monoisotopic (exact) mass is 240 g/mol. The average Bonchev–Trinajstić information content (AvgIpc) is 1.99. The Morgan fingerprint density at radius 1 is 1.38 bits per heavy atom. The van der Waals surface area contributed by atoms with Crippen molar-refractivity contribution in [2.75, 3.05) is 0 Å². The van der Waals surface area contributed by atoms with Gasteiger partial charge in [-0.15, -0.1) is 0 Å². The van der Waals surface area contributed by atoms with Gasteiger partial charge in [-0.25, -0.2) is 0 Å². The molecule has 0 aromatic heterocycles. The van der Waals surface area contributed by atoms with Crippen molar-refractivity contribution in [1.29, 1.82) is 0 Å². The van der Waals surface area contributed by atoms with Gasteiger partial charge in [0, 0.05) is 4.47 Å². The summed E-state index contributed by atoms with van der Waals surface area (Å²) in [5.74, 6) is 1.04. The van der Waals surface area contributed by atoms with Crippen LogP contribution in [0.3, 0.4) is 0 Å². The first-order chi connectivity index (χ1) is 6.25. The molecule has 0 spiro atoms. The number of ether oxygens (including phenoxy) is 1. The van der Waals surface area contributed by atoms with E-state index in [1.165, 1.54) is 24.8 Å². The predicted octanol–water partition coefficient (Wildman–Crippen LogP) is 3.69. The molecule has 0 atom stereocenters. The van der Waals surface area contributed by atoms with Crippen LogP contribution >= 0.6 is 15.9 Å². The number of hydrogen-bond acceptors (Lipinski definition) is 1. The largest absolute Gasteiger partial charge is 0.490 e. The molecule has 0 amide bonds. The van der Waals surface area contributed by atoms with Gasteiger partial charge in [0.2, 0.25) is 0 Å². The minimum atomic E-state index is 0.472. The van der Waals surface area contributed by atoms with Crippen LogP contribution < -0.4 is 4.74 Å². The summed E-state index contributed by atoms with van der Waals surface area (Å²) in [6.45, 7) is 2.08. The average molecular weight is 241 g/mol. The Morgan fingerprint density at radius 3 is 2.69 bits per heavy atom. The van der Waals surface area contributed by atoms with Crippen LogP contribution in [0.2, 0.25) is 0 Å². The smallest absolute Gasteiger partial charge is 0.122 e. The van der Waals surface area contributed by atoms with Crippen LogP contribution in [-0.4, -0.2) is 6.10 Å². The van der Waals surface area contributed by atoms with E-state index in [-0.39, 0.29) is 0 Å². The van der Waals surface area contributed by atoms with Crippen molar-refractivity contribution in [1.82, 2.24) is 0 Å². The second kappa shape index (κ2) is 3.70. The van der Waals surface area contributed by atoms with Crippen molar-refractivity contribution in [3.05, 3.63) is 28.2 Å². The summed E-state index contributed by atoms with van der Waals surface area (Å²) in [5, 5.41) is 0. The topological polar surface area (TPSA) is 9.23 Å². The zero-order chi connectivity index (χ0) is 9.26. The Morgan fingerprint density at radius 2 is 2.15 bits per heavy atom. The normalized spacial score (nSPS) is 16.8. The van der Waals surface area contributed by atoms with Crippen LogP contribution in [0.5, 0.6) is 5.75 Å². The van der Waals surface area contributed by atoms with Crippen molar-refractivity contribution in [2.45, 2.75) is 32.3 Å². The molecule has 0 saturated heterocycles. The summed E-state index contributed by atoms with van der Waals surface area (Å²) >= 11 is 3.44. The zero-order valence-electron chi connectivity index (χ0n) is 7.72. The number of hydrogen-bond donors (Lipinski definition) is 0. The number of aryl methyl sites for hydroxylation is 1. The highest BCUT2D eigenvalue weighted by molar-refractivity contribution is 9.10. The molecule has 1 nitrogen and oxygen atoms in total. The van der Waals surface area contributed by atoms with Gasteiger partial charge in [0.05, 0.1) is 6.10 Å². The molecule has 2 heteroatoms. The predicted molar refractivity (Wildman–Crippen MR) is 57.1 cm³/mol. The fraction of sp³-hybridized carbons (Fsp3) is 0.455. The Balaban J connectivity index is 2.10. The van der Waals surface area contributed by atoms with Crippen LogP contribution in [0.1, 0.15) is 24.8 Å². The van der Waals surface area contributed by atoms with Crippen molar-refractivity contribution in [2.24, 2.45) is 0 Å². The van der Waals surface area contributed by atoms with Crippen LogP contribution in [0.25, 0.3) is 0 Å². The van der Waals surface area contributed by atoms with Crippen LogP contribution in [0.15, 0.2) is 22.7 Å². The molecule has 0 heterocycles. The molecule has 0 N–H and O–H groups in total. The van der Waals surface area contributed by atoms with Gasteiger partial charge in [-0.1, -0.05) is 15.9 Å². The molecule has 70 valence electrons. The molecule has 0 radical (unpaired) electrons. The second-order valence-corrected chi connectivity index (χ2v) is 4.50. The summed E-state index contributed by atoms with van der Waals surface area (Å²) < 4.78 is 6.93. The molecular formula is C11H13BrO. The molecule has 1 aliphatic rings. The maximum Gasteiger partial charge on any atom is 0.122 e. The van der Waals surface area contributed by atoms with E-state index >= 15 is 0 Å². The van der Waals surface area contributed by atoms with E-state index in [9.17, 15) is 0 Å². The Kier molecular flexibility index (Phi) is 2.58. The van der Waals surface area contributed by atoms with Crippen molar-refractivity contribution >= 4 is 15.9 Å². The third kappa shape index (κ3) is 2.05. The number of benzene rings is 1. The zero-order valence-corrected chi connectivity index (χ0v) is 9.30. The highest BCUT2D eigenvalue weighted by Crippen LogP contribution is 2.28. The summed E-state index contributed by atoms with van der Waals surface area (Å²) in [4.78, 5) is 0. The lowest BCUT2D eigenvalue weighted by Gasteiger charge is -2.27. The quantitative estimate of drug-likeness (QED) is 0.767. The molecule has 1 fully saturated rings. The maximum absolute atomic E-state index is 5.82. The first-order valence-corrected chi connectivity index (χ1v) is 5.48. The molecule has 13 heavy (non-hydrogen) atoms. The van der Waals surface area contributed by atoms with Crippen LogP contribution in [0.4, 0.5) is 0 Å². The Labute approximate surface area is 87.2 Å². The van der Waals surface area contributed by atoms with Gasteiger partial charge in [0.15, 0.2) is 0 Å². The molecule has 0 bridgehead atoms. The molecule has 0 aliphatic heterocycles. The summed E-state index contributed by atoms with van der Waals surface area (Å²) in [6, 6.07) is 6.16. The van der Waals surface area contributed by atoms with E-state index < -0.39 is 0 Å². The second-order valence-electron chi connectivity index (χ2n) is 3.58. The van der Waals surface area contributed by atoms with Gasteiger partial charge in [-0.2, -0.15) is 0 Å². The highest BCUT2D eigenvalue weighted by atomic mass is 79.9. The minimum absolute atomic E-state index is 0.472. The van der Waals surface area contributed by atoms with E-state index in [1.807, 2.05) is 12.1 Å². The van der Waals surface area contributed by atoms with Crippen molar-refractivity contribution < 1.29 is 4.74 Å². The maximum atomic E-state index is 5.82. The van der Waals surface area contributed by atoms with Gasteiger partial charge in [-0.05, 0) is 49.9 Å². The fourth-order valence-corrected chi connectivity index (χ4v) is 1.89. The first-order valence-electron chi connectivity index (χ1n) is 4.68. The van der Waals surface area contributed by atoms with Gasteiger partial charge >= 0.3 is 0 Å². The third-order valence-electron chi connectivity index (χ3n) is 2.48. The van der Waals surface area contributed by atoms with Gasteiger partial charge in [0.1, 0.15) is 5.75 Å². The molecule has 1 saturated carbocycles. The third-order valence-corrected chi connectivity index (χ3v) is 2.98.